The van der Waals surface area contributed by atoms with Crippen LogP contribution in [0.2, 0.25) is 0 Å². The number of alkyl halides is 5. The molecule has 0 radical (unpaired) electrons. The Labute approximate surface area is 111 Å². The van der Waals surface area contributed by atoms with Crippen LogP contribution < -0.4 is 0 Å². The highest BCUT2D eigenvalue weighted by molar-refractivity contribution is 14.1. The van der Waals surface area contributed by atoms with Crippen molar-refractivity contribution in [3.05, 3.63) is 26.6 Å². The number of nitrogens with zero attached hydrogens (tertiary/aromatic N) is 1. The summed E-state index contributed by atoms with van der Waals surface area (Å²) in [6.45, 7) is 0. The standard InChI is InChI=1S/C9H5F5INO2/c1-18-8(17)6-4(15)2-3(9(12,13)14)5(16-6)7(10)11/h2,7H,1H3. The van der Waals surface area contributed by atoms with E-state index in [9.17, 15) is 26.7 Å². The molecule has 18 heavy (non-hydrogen) atoms. The van der Waals surface area contributed by atoms with E-state index < -0.39 is 35.5 Å². The highest BCUT2D eigenvalue weighted by Crippen LogP contribution is 2.36. The first-order valence-electron chi connectivity index (χ1n) is 4.32. The third-order valence-corrected chi connectivity index (χ3v) is 2.72. The molecule has 100 valence electrons. The summed E-state index contributed by atoms with van der Waals surface area (Å²) in [5.41, 5.74) is -3.61. The number of hydrogen-bond acceptors (Lipinski definition) is 3. The summed E-state index contributed by atoms with van der Waals surface area (Å²) >= 11 is 1.40. The smallest absolute Gasteiger partial charge is 0.418 e. The maximum Gasteiger partial charge on any atom is 0.418 e. The van der Waals surface area contributed by atoms with Crippen molar-refractivity contribution < 1.29 is 31.5 Å². The van der Waals surface area contributed by atoms with Gasteiger partial charge in [-0.1, -0.05) is 0 Å². The lowest BCUT2D eigenvalue weighted by Gasteiger charge is -2.13. The van der Waals surface area contributed by atoms with Crippen molar-refractivity contribution in [2.75, 3.05) is 7.11 Å². The Morgan fingerprint density at radius 1 is 1.44 bits per heavy atom. The molecule has 0 bridgehead atoms. The number of methoxy groups -OCH3 is 1. The monoisotopic (exact) mass is 381 g/mol. The summed E-state index contributed by atoms with van der Waals surface area (Å²) in [6.07, 6.45) is -8.41. The van der Waals surface area contributed by atoms with Crippen LogP contribution >= 0.6 is 22.6 Å². The van der Waals surface area contributed by atoms with Crippen molar-refractivity contribution in [1.29, 1.82) is 0 Å². The molecule has 0 aliphatic rings. The Morgan fingerprint density at radius 2 is 2.00 bits per heavy atom. The van der Waals surface area contributed by atoms with Crippen molar-refractivity contribution in [1.82, 2.24) is 4.98 Å². The Morgan fingerprint density at radius 3 is 2.39 bits per heavy atom. The lowest BCUT2D eigenvalue weighted by atomic mass is 10.1. The molecule has 0 aliphatic heterocycles. The van der Waals surface area contributed by atoms with E-state index >= 15 is 0 Å². The maximum absolute atomic E-state index is 12.5. The Hall–Kier alpha value is -1.00. The average molecular weight is 381 g/mol. The van der Waals surface area contributed by atoms with E-state index in [1.807, 2.05) is 0 Å². The van der Waals surface area contributed by atoms with E-state index in [4.69, 9.17) is 0 Å². The van der Waals surface area contributed by atoms with Gasteiger partial charge in [0.05, 0.1) is 12.7 Å². The van der Waals surface area contributed by atoms with Crippen molar-refractivity contribution in [3.8, 4) is 0 Å². The molecule has 0 fully saturated rings. The van der Waals surface area contributed by atoms with Crippen LogP contribution in [0.1, 0.15) is 28.2 Å². The van der Waals surface area contributed by atoms with E-state index in [1.165, 1.54) is 22.6 Å². The predicted octanol–water partition coefficient (Wildman–Crippen LogP) is 3.43. The zero-order chi connectivity index (χ0) is 14.1. The molecule has 0 atom stereocenters. The first-order valence-corrected chi connectivity index (χ1v) is 5.40. The quantitative estimate of drug-likeness (QED) is 0.448. The molecule has 1 aromatic rings. The summed E-state index contributed by atoms with van der Waals surface area (Å²) in [4.78, 5) is 14.2. The SMILES string of the molecule is COC(=O)c1nc(C(F)F)c(C(F)(F)F)cc1I. The van der Waals surface area contributed by atoms with E-state index in [1.54, 1.807) is 0 Å². The molecule has 0 aromatic carbocycles. The minimum absolute atomic E-state index is 0.212. The fraction of sp³-hybridized carbons (Fsp3) is 0.333. The number of halogens is 6. The number of ether oxygens (including phenoxy) is 1. The van der Waals surface area contributed by atoms with Gasteiger partial charge in [-0.2, -0.15) is 13.2 Å². The molecule has 1 heterocycles. The Bertz CT molecular complexity index is 475. The van der Waals surface area contributed by atoms with Crippen molar-refractivity contribution >= 4 is 28.6 Å². The second-order valence-corrected chi connectivity index (χ2v) is 4.20. The van der Waals surface area contributed by atoms with E-state index in [0.29, 0.717) is 6.07 Å². The number of hydrogen-bond donors (Lipinski definition) is 0. The highest BCUT2D eigenvalue weighted by atomic mass is 127. The van der Waals surface area contributed by atoms with Gasteiger partial charge in [-0.05, 0) is 28.7 Å². The zero-order valence-corrected chi connectivity index (χ0v) is 10.8. The minimum Gasteiger partial charge on any atom is -0.464 e. The number of aromatic nitrogens is 1. The number of rotatable bonds is 2. The molecule has 3 nitrogen and oxygen atoms in total. The molecule has 1 rings (SSSR count). The van der Waals surface area contributed by atoms with Crippen LogP contribution in [0.3, 0.4) is 0 Å². The van der Waals surface area contributed by atoms with Crippen LogP contribution in [0.15, 0.2) is 6.07 Å². The van der Waals surface area contributed by atoms with Gasteiger partial charge in [0.1, 0.15) is 5.69 Å². The van der Waals surface area contributed by atoms with Gasteiger partial charge >= 0.3 is 12.1 Å². The van der Waals surface area contributed by atoms with Crippen LogP contribution in [0, 0.1) is 3.57 Å². The third-order valence-electron chi connectivity index (χ3n) is 1.90. The van der Waals surface area contributed by atoms with Crippen molar-refractivity contribution in [2.24, 2.45) is 0 Å². The summed E-state index contributed by atoms with van der Waals surface area (Å²) in [5.74, 6) is -1.07. The van der Waals surface area contributed by atoms with Crippen LogP contribution in [0.5, 0.6) is 0 Å². The van der Waals surface area contributed by atoms with E-state index in [2.05, 4.69) is 9.72 Å². The molecule has 0 spiro atoms. The molecule has 0 aliphatic carbocycles. The first kappa shape index (κ1) is 15.1. The van der Waals surface area contributed by atoms with Gasteiger partial charge in [0.2, 0.25) is 0 Å². The molecular weight excluding hydrogens is 376 g/mol. The summed E-state index contributed by atoms with van der Waals surface area (Å²) in [7, 11) is 0.972. The topological polar surface area (TPSA) is 39.2 Å². The summed E-state index contributed by atoms with van der Waals surface area (Å²) in [5, 5.41) is 0. The maximum atomic E-state index is 12.5. The van der Waals surface area contributed by atoms with Crippen LogP contribution in [0.4, 0.5) is 22.0 Å². The average Bonchev–Trinajstić information content (AvgIpc) is 2.26. The number of esters is 1. The fourth-order valence-electron chi connectivity index (χ4n) is 1.14. The normalized spacial score (nSPS) is 11.8. The number of carbonyl (C=O) groups excluding carboxylic acids is 1. The first-order chi connectivity index (χ1) is 8.18. The fourth-order valence-corrected chi connectivity index (χ4v) is 1.79. The molecule has 0 saturated carbocycles. The molecule has 0 amide bonds. The van der Waals surface area contributed by atoms with Gasteiger partial charge < -0.3 is 4.74 Å². The molecule has 9 heteroatoms. The molecular formula is C9H5F5INO2. The highest BCUT2D eigenvalue weighted by Gasteiger charge is 2.38. The summed E-state index contributed by atoms with van der Waals surface area (Å²) in [6, 6.07) is 0.446. The Balaban J connectivity index is 3.49. The predicted molar refractivity (Wildman–Crippen MR) is 58.3 cm³/mol. The number of carbonyl (C=O) groups is 1. The van der Waals surface area contributed by atoms with E-state index in [-0.39, 0.29) is 3.57 Å². The van der Waals surface area contributed by atoms with Gasteiger partial charge in [-0.15, -0.1) is 0 Å². The molecule has 0 unspecified atom stereocenters. The largest absolute Gasteiger partial charge is 0.464 e. The second-order valence-electron chi connectivity index (χ2n) is 3.04. The number of pyridine rings is 1. The molecule has 0 saturated heterocycles. The van der Waals surface area contributed by atoms with Crippen LogP contribution in [-0.2, 0) is 10.9 Å². The van der Waals surface area contributed by atoms with Crippen molar-refractivity contribution in [2.45, 2.75) is 12.6 Å². The van der Waals surface area contributed by atoms with Crippen LogP contribution in [0.25, 0.3) is 0 Å². The van der Waals surface area contributed by atoms with E-state index in [0.717, 1.165) is 7.11 Å². The van der Waals surface area contributed by atoms with Gasteiger partial charge in [0, 0.05) is 3.57 Å². The second kappa shape index (κ2) is 5.33. The molecule has 1 aromatic heterocycles. The third kappa shape index (κ3) is 3.06. The lowest BCUT2D eigenvalue weighted by molar-refractivity contribution is -0.140. The van der Waals surface area contributed by atoms with Gasteiger partial charge in [-0.3, -0.25) is 0 Å². The minimum atomic E-state index is -4.96. The van der Waals surface area contributed by atoms with Gasteiger partial charge in [-0.25, -0.2) is 18.6 Å². The van der Waals surface area contributed by atoms with Gasteiger partial charge in [0.25, 0.3) is 6.43 Å². The molecule has 0 N–H and O–H groups in total. The van der Waals surface area contributed by atoms with Gasteiger partial charge in [0.15, 0.2) is 5.69 Å². The summed E-state index contributed by atoms with van der Waals surface area (Å²) < 4.78 is 66.6. The Kier molecular flexibility index (Phi) is 4.46. The zero-order valence-electron chi connectivity index (χ0n) is 8.69. The lowest BCUT2D eigenvalue weighted by Crippen LogP contribution is -2.16. The van der Waals surface area contributed by atoms with Crippen LogP contribution in [-0.4, -0.2) is 18.1 Å². The van der Waals surface area contributed by atoms with Crippen molar-refractivity contribution in [3.63, 3.8) is 0 Å².